The fourth-order valence-corrected chi connectivity index (χ4v) is 3.36. The van der Waals surface area contributed by atoms with Crippen molar-refractivity contribution >= 4 is 27.5 Å². The number of nitrogens with one attached hydrogen (secondary N) is 2. The molecule has 144 valence electrons. The Morgan fingerprint density at radius 2 is 1.78 bits per heavy atom. The molecule has 4 N–H and O–H groups in total. The summed E-state index contributed by atoms with van der Waals surface area (Å²) >= 11 is 0. The molecule has 0 aliphatic rings. The van der Waals surface area contributed by atoms with Crippen LogP contribution in [0.4, 0.5) is 10.1 Å². The van der Waals surface area contributed by atoms with Crippen molar-refractivity contribution in [3.8, 4) is 5.75 Å². The van der Waals surface area contributed by atoms with Gasteiger partial charge in [0, 0.05) is 5.69 Å². The molecule has 2 amide bonds. The first-order valence-electron chi connectivity index (χ1n) is 7.70. The maximum atomic E-state index is 13.0. The smallest absolute Gasteiger partial charge is 0.259 e. The molecule has 2 rings (SSSR count). The van der Waals surface area contributed by atoms with Gasteiger partial charge in [0.25, 0.3) is 5.91 Å². The third kappa shape index (κ3) is 5.02. The van der Waals surface area contributed by atoms with Crippen molar-refractivity contribution < 1.29 is 27.1 Å². The van der Waals surface area contributed by atoms with Crippen molar-refractivity contribution in [2.45, 2.75) is 17.9 Å². The van der Waals surface area contributed by atoms with Gasteiger partial charge in [-0.05, 0) is 49.4 Å². The summed E-state index contributed by atoms with van der Waals surface area (Å²) in [5, 5.41) is 2.52. The van der Waals surface area contributed by atoms with Gasteiger partial charge in [0.1, 0.15) is 11.6 Å². The zero-order chi connectivity index (χ0) is 20.2. The van der Waals surface area contributed by atoms with E-state index in [9.17, 15) is 22.4 Å². The molecular formula is C17H18FN3O5S. The van der Waals surface area contributed by atoms with E-state index in [-0.39, 0.29) is 16.2 Å². The van der Waals surface area contributed by atoms with Gasteiger partial charge in [-0.15, -0.1) is 0 Å². The van der Waals surface area contributed by atoms with E-state index < -0.39 is 33.7 Å². The molecule has 0 saturated heterocycles. The average molecular weight is 395 g/mol. The Morgan fingerprint density at radius 3 is 2.33 bits per heavy atom. The van der Waals surface area contributed by atoms with E-state index >= 15 is 0 Å². The van der Waals surface area contributed by atoms with Gasteiger partial charge >= 0.3 is 0 Å². The molecule has 0 aromatic heterocycles. The predicted molar refractivity (Wildman–Crippen MR) is 96.3 cm³/mol. The number of methoxy groups -OCH3 is 1. The van der Waals surface area contributed by atoms with Gasteiger partial charge in [-0.1, -0.05) is 0 Å². The Kier molecular flexibility index (Phi) is 6.13. The summed E-state index contributed by atoms with van der Waals surface area (Å²) in [7, 11) is -2.77. The van der Waals surface area contributed by atoms with E-state index in [4.69, 9.17) is 10.5 Å². The largest absolute Gasteiger partial charge is 0.496 e. The standard InChI is InChI=1S/C17H18FN3O5S/c1-10(16(19)22)21-27(24,25)13-7-8-15(26-2)14(9-13)17(23)20-12-5-3-11(18)4-6-12/h3-10,21H,1-2H3,(H2,19,22)(H,20,23)/t10-/m0/s1. The lowest BCUT2D eigenvalue weighted by molar-refractivity contribution is -0.119. The number of primary amides is 1. The maximum Gasteiger partial charge on any atom is 0.259 e. The van der Waals surface area contributed by atoms with Crippen LogP contribution in [0.25, 0.3) is 0 Å². The Balaban J connectivity index is 2.35. The fourth-order valence-electron chi connectivity index (χ4n) is 2.12. The zero-order valence-corrected chi connectivity index (χ0v) is 15.3. The van der Waals surface area contributed by atoms with Gasteiger partial charge < -0.3 is 15.8 Å². The molecule has 8 nitrogen and oxygen atoms in total. The highest BCUT2D eigenvalue weighted by Gasteiger charge is 2.23. The summed E-state index contributed by atoms with van der Waals surface area (Å²) in [4.78, 5) is 23.4. The molecule has 0 bridgehead atoms. The molecule has 1 atom stereocenters. The molecule has 0 spiro atoms. The maximum absolute atomic E-state index is 13.0. The van der Waals surface area contributed by atoms with Crippen LogP contribution in [0.2, 0.25) is 0 Å². The van der Waals surface area contributed by atoms with Crippen LogP contribution in [0.15, 0.2) is 47.4 Å². The number of halogens is 1. The minimum Gasteiger partial charge on any atom is -0.496 e. The number of hydrogen-bond acceptors (Lipinski definition) is 5. The van der Waals surface area contributed by atoms with Crippen LogP contribution in [-0.2, 0) is 14.8 Å². The third-order valence-corrected chi connectivity index (χ3v) is 5.13. The second kappa shape index (κ2) is 8.14. The van der Waals surface area contributed by atoms with Gasteiger partial charge in [-0.25, -0.2) is 12.8 Å². The molecule has 0 unspecified atom stereocenters. The topological polar surface area (TPSA) is 128 Å². The summed E-state index contributed by atoms with van der Waals surface area (Å²) in [6, 6.07) is 7.56. The Hall–Kier alpha value is -2.98. The highest BCUT2D eigenvalue weighted by atomic mass is 32.2. The van der Waals surface area contributed by atoms with Crippen molar-refractivity contribution in [2.24, 2.45) is 5.73 Å². The minimum absolute atomic E-state index is 0.0589. The monoisotopic (exact) mass is 395 g/mol. The van der Waals surface area contributed by atoms with Gasteiger partial charge in [0.2, 0.25) is 15.9 Å². The Morgan fingerprint density at radius 1 is 1.15 bits per heavy atom. The number of amides is 2. The molecule has 0 fully saturated rings. The fraction of sp³-hybridized carbons (Fsp3) is 0.176. The number of rotatable bonds is 7. The van der Waals surface area contributed by atoms with E-state index in [0.29, 0.717) is 5.69 Å². The van der Waals surface area contributed by atoms with E-state index in [1.807, 2.05) is 0 Å². The first-order valence-corrected chi connectivity index (χ1v) is 9.19. The lowest BCUT2D eigenvalue weighted by Crippen LogP contribution is -2.42. The van der Waals surface area contributed by atoms with Crippen molar-refractivity contribution in [2.75, 3.05) is 12.4 Å². The summed E-state index contributed by atoms with van der Waals surface area (Å²) in [6.45, 7) is 1.30. The summed E-state index contributed by atoms with van der Waals surface area (Å²) in [5.41, 5.74) is 5.32. The zero-order valence-electron chi connectivity index (χ0n) is 14.5. The molecule has 2 aromatic rings. The van der Waals surface area contributed by atoms with Gasteiger partial charge in [0.15, 0.2) is 0 Å². The van der Waals surface area contributed by atoms with Crippen LogP contribution in [0.5, 0.6) is 5.75 Å². The molecule has 0 radical (unpaired) electrons. The molecule has 0 aliphatic carbocycles. The molecule has 0 heterocycles. The first-order chi connectivity index (χ1) is 12.6. The van der Waals surface area contributed by atoms with E-state index in [0.717, 1.165) is 6.07 Å². The van der Waals surface area contributed by atoms with Crippen LogP contribution in [0, 0.1) is 5.82 Å². The second-order valence-corrected chi connectivity index (χ2v) is 7.28. The lowest BCUT2D eigenvalue weighted by atomic mass is 10.2. The Labute approximate surface area is 155 Å². The van der Waals surface area contributed by atoms with Crippen LogP contribution < -0.4 is 20.5 Å². The molecule has 27 heavy (non-hydrogen) atoms. The van der Waals surface area contributed by atoms with Crippen molar-refractivity contribution in [1.82, 2.24) is 4.72 Å². The molecule has 0 aliphatic heterocycles. The van der Waals surface area contributed by atoms with E-state index in [1.165, 1.54) is 50.4 Å². The minimum atomic E-state index is -4.10. The number of benzene rings is 2. The third-order valence-electron chi connectivity index (χ3n) is 3.59. The highest BCUT2D eigenvalue weighted by Crippen LogP contribution is 2.24. The van der Waals surface area contributed by atoms with Crippen LogP contribution >= 0.6 is 0 Å². The summed E-state index contributed by atoms with van der Waals surface area (Å²) < 4.78 is 45.0. The van der Waals surface area contributed by atoms with Gasteiger partial charge in [-0.2, -0.15) is 4.72 Å². The van der Waals surface area contributed by atoms with Crippen molar-refractivity contribution in [3.63, 3.8) is 0 Å². The summed E-state index contributed by atoms with van der Waals surface area (Å²) in [5.74, 6) is -1.83. The van der Waals surface area contributed by atoms with E-state index in [1.54, 1.807) is 0 Å². The number of hydrogen-bond donors (Lipinski definition) is 3. The molecule has 10 heteroatoms. The number of sulfonamides is 1. The number of nitrogens with two attached hydrogens (primary N) is 1. The first kappa shape index (κ1) is 20.3. The highest BCUT2D eigenvalue weighted by molar-refractivity contribution is 7.89. The SMILES string of the molecule is COc1ccc(S(=O)(=O)N[C@@H](C)C(N)=O)cc1C(=O)Nc1ccc(F)cc1. The molecule has 0 saturated carbocycles. The van der Waals surface area contributed by atoms with Gasteiger partial charge in [-0.3, -0.25) is 9.59 Å². The molecule has 2 aromatic carbocycles. The van der Waals surface area contributed by atoms with Crippen LogP contribution in [-0.4, -0.2) is 33.4 Å². The van der Waals surface area contributed by atoms with Crippen molar-refractivity contribution in [1.29, 1.82) is 0 Å². The van der Waals surface area contributed by atoms with Crippen LogP contribution in [0.3, 0.4) is 0 Å². The Bertz CT molecular complexity index is 961. The normalized spacial score (nSPS) is 12.3. The van der Waals surface area contributed by atoms with Gasteiger partial charge in [0.05, 0.1) is 23.6 Å². The van der Waals surface area contributed by atoms with Crippen molar-refractivity contribution in [3.05, 3.63) is 53.8 Å². The van der Waals surface area contributed by atoms with E-state index in [2.05, 4.69) is 10.0 Å². The number of ether oxygens (including phenoxy) is 1. The molecular weight excluding hydrogens is 377 g/mol. The lowest BCUT2D eigenvalue weighted by Gasteiger charge is -2.14. The second-order valence-electron chi connectivity index (χ2n) is 5.57. The number of carbonyl (C=O) groups excluding carboxylic acids is 2. The quantitative estimate of drug-likeness (QED) is 0.650. The predicted octanol–water partition coefficient (Wildman–Crippen LogP) is 1.24. The average Bonchev–Trinajstić information content (AvgIpc) is 2.62. The number of anilines is 1. The number of carbonyl (C=O) groups is 2. The summed E-state index contributed by atoms with van der Waals surface area (Å²) in [6.07, 6.45) is 0. The van der Waals surface area contributed by atoms with Crippen LogP contribution in [0.1, 0.15) is 17.3 Å².